The maximum Gasteiger partial charge on any atom is 0.0729 e. The predicted octanol–water partition coefficient (Wildman–Crippen LogP) is 0.826. The molecule has 1 saturated heterocycles. The summed E-state index contributed by atoms with van der Waals surface area (Å²) < 4.78 is 0. The van der Waals surface area contributed by atoms with Crippen molar-refractivity contribution >= 4 is 18.1 Å². The lowest BCUT2D eigenvalue weighted by molar-refractivity contribution is 0.501. The standard InChI is InChI=1S/C9H14N4.ClH/c10-8-2-5-13(6-3-8)9-1-4-11-12-7-9;/h1,4,7-8H,2-3,5-6,10H2;1H. The van der Waals surface area contributed by atoms with E-state index in [2.05, 4.69) is 15.1 Å². The summed E-state index contributed by atoms with van der Waals surface area (Å²) in [4.78, 5) is 2.30. The normalized spacial score (nSPS) is 17.6. The maximum atomic E-state index is 5.82. The highest BCUT2D eigenvalue weighted by atomic mass is 35.5. The smallest absolute Gasteiger partial charge is 0.0729 e. The molecule has 0 spiro atoms. The molecule has 14 heavy (non-hydrogen) atoms. The van der Waals surface area contributed by atoms with E-state index >= 15 is 0 Å². The molecule has 0 saturated carbocycles. The summed E-state index contributed by atoms with van der Waals surface area (Å²) in [5.41, 5.74) is 6.97. The van der Waals surface area contributed by atoms with Crippen LogP contribution < -0.4 is 10.6 Å². The lowest BCUT2D eigenvalue weighted by Gasteiger charge is -2.31. The first kappa shape index (κ1) is 11.2. The van der Waals surface area contributed by atoms with Gasteiger partial charge in [-0.2, -0.15) is 10.2 Å². The van der Waals surface area contributed by atoms with Gasteiger partial charge in [-0.1, -0.05) is 0 Å². The number of rotatable bonds is 1. The Balaban J connectivity index is 0.000000980. The van der Waals surface area contributed by atoms with E-state index in [1.54, 1.807) is 12.4 Å². The molecule has 5 heteroatoms. The average molecular weight is 215 g/mol. The summed E-state index contributed by atoms with van der Waals surface area (Å²) in [7, 11) is 0. The number of piperidine rings is 1. The van der Waals surface area contributed by atoms with Gasteiger partial charge >= 0.3 is 0 Å². The molecule has 2 N–H and O–H groups in total. The first-order valence-electron chi connectivity index (χ1n) is 4.63. The Labute approximate surface area is 89.9 Å². The third-order valence-electron chi connectivity index (χ3n) is 2.47. The lowest BCUT2D eigenvalue weighted by atomic mass is 10.1. The van der Waals surface area contributed by atoms with Crippen LogP contribution in [0.5, 0.6) is 0 Å². The zero-order chi connectivity index (χ0) is 9.10. The largest absolute Gasteiger partial charge is 0.370 e. The SMILES string of the molecule is Cl.NC1CCN(c2ccnnc2)CC1. The van der Waals surface area contributed by atoms with Crippen LogP contribution >= 0.6 is 12.4 Å². The van der Waals surface area contributed by atoms with Gasteiger partial charge in [0.25, 0.3) is 0 Å². The van der Waals surface area contributed by atoms with E-state index in [0.717, 1.165) is 31.6 Å². The highest BCUT2D eigenvalue weighted by molar-refractivity contribution is 5.85. The van der Waals surface area contributed by atoms with Crippen LogP contribution in [-0.2, 0) is 0 Å². The van der Waals surface area contributed by atoms with E-state index in [1.165, 1.54) is 0 Å². The monoisotopic (exact) mass is 214 g/mol. The van der Waals surface area contributed by atoms with E-state index in [-0.39, 0.29) is 12.4 Å². The fraction of sp³-hybridized carbons (Fsp3) is 0.556. The van der Waals surface area contributed by atoms with Crippen molar-refractivity contribution in [3.8, 4) is 0 Å². The minimum absolute atomic E-state index is 0. The molecule has 1 aromatic rings. The minimum atomic E-state index is 0. The Morgan fingerprint density at radius 3 is 2.57 bits per heavy atom. The third-order valence-corrected chi connectivity index (χ3v) is 2.47. The second-order valence-corrected chi connectivity index (χ2v) is 3.43. The molecule has 0 unspecified atom stereocenters. The molecular formula is C9H15ClN4. The number of hydrogen-bond acceptors (Lipinski definition) is 4. The highest BCUT2D eigenvalue weighted by Gasteiger charge is 2.15. The molecule has 0 atom stereocenters. The van der Waals surface area contributed by atoms with Crippen LogP contribution in [0.15, 0.2) is 18.5 Å². The molecule has 4 nitrogen and oxygen atoms in total. The summed E-state index contributed by atoms with van der Waals surface area (Å²) >= 11 is 0. The van der Waals surface area contributed by atoms with Gasteiger partial charge in [0, 0.05) is 19.1 Å². The van der Waals surface area contributed by atoms with Gasteiger partial charge in [-0.25, -0.2) is 0 Å². The van der Waals surface area contributed by atoms with Gasteiger partial charge in [0.2, 0.25) is 0 Å². The maximum absolute atomic E-state index is 5.82. The molecule has 1 aromatic heterocycles. The van der Waals surface area contributed by atoms with Crippen LogP contribution in [0, 0.1) is 0 Å². The van der Waals surface area contributed by atoms with Crippen LogP contribution in [0.25, 0.3) is 0 Å². The van der Waals surface area contributed by atoms with Gasteiger partial charge in [-0.05, 0) is 18.9 Å². The van der Waals surface area contributed by atoms with Crippen LogP contribution in [0.1, 0.15) is 12.8 Å². The Hall–Kier alpha value is -0.870. The lowest BCUT2D eigenvalue weighted by Crippen LogP contribution is -2.39. The topological polar surface area (TPSA) is 55.0 Å². The zero-order valence-corrected chi connectivity index (χ0v) is 8.78. The number of aromatic nitrogens is 2. The Morgan fingerprint density at radius 2 is 2.00 bits per heavy atom. The van der Waals surface area contributed by atoms with Crippen molar-refractivity contribution in [1.82, 2.24) is 10.2 Å². The fourth-order valence-corrected chi connectivity index (χ4v) is 1.63. The number of halogens is 1. The predicted molar refractivity (Wildman–Crippen MR) is 58.7 cm³/mol. The molecular weight excluding hydrogens is 200 g/mol. The second kappa shape index (κ2) is 5.12. The van der Waals surface area contributed by atoms with Gasteiger partial charge in [0.05, 0.1) is 18.1 Å². The summed E-state index contributed by atoms with van der Waals surface area (Å²) in [5, 5.41) is 7.61. The van der Waals surface area contributed by atoms with Crippen molar-refractivity contribution in [2.75, 3.05) is 18.0 Å². The molecule has 0 bridgehead atoms. The molecule has 2 rings (SSSR count). The van der Waals surface area contributed by atoms with Crippen molar-refractivity contribution in [2.45, 2.75) is 18.9 Å². The summed E-state index contributed by atoms with van der Waals surface area (Å²) in [5.74, 6) is 0. The van der Waals surface area contributed by atoms with Crippen LogP contribution in [0.4, 0.5) is 5.69 Å². The van der Waals surface area contributed by atoms with Gasteiger partial charge in [-0.15, -0.1) is 12.4 Å². The average Bonchev–Trinajstić information content (AvgIpc) is 2.20. The van der Waals surface area contributed by atoms with Gasteiger partial charge in [0.1, 0.15) is 0 Å². The van der Waals surface area contributed by atoms with Crippen molar-refractivity contribution < 1.29 is 0 Å². The molecule has 1 aliphatic heterocycles. The quantitative estimate of drug-likeness (QED) is 0.753. The van der Waals surface area contributed by atoms with E-state index in [9.17, 15) is 0 Å². The van der Waals surface area contributed by atoms with Gasteiger partial charge in [-0.3, -0.25) is 0 Å². The molecule has 78 valence electrons. The van der Waals surface area contributed by atoms with Crippen LogP contribution in [0.3, 0.4) is 0 Å². The van der Waals surface area contributed by atoms with Crippen LogP contribution in [0.2, 0.25) is 0 Å². The fourth-order valence-electron chi connectivity index (χ4n) is 1.63. The third kappa shape index (κ3) is 2.56. The molecule has 0 radical (unpaired) electrons. The van der Waals surface area contributed by atoms with Gasteiger partial charge in [0.15, 0.2) is 0 Å². The second-order valence-electron chi connectivity index (χ2n) is 3.43. The Bertz CT molecular complexity index is 259. The van der Waals surface area contributed by atoms with Gasteiger partial charge < -0.3 is 10.6 Å². The molecule has 0 aliphatic carbocycles. The first-order chi connectivity index (χ1) is 6.36. The number of hydrogen-bond donors (Lipinski definition) is 1. The van der Waals surface area contributed by atoms with Crippen molar-refractivity contribution in [2.24, 2.45) is 5.73 Å². The van der Waals surface area contributed by atoms with E-state index < -0.39 is 0 Å². The molecule has 0 aromatic carbocycles. The van der Waals surface area contributed by atoms with E-state index in [1.807, 2.05) is 6.07 Å². The molecule has 2 heterocycles. The Morgan fingerprint density at radius 1 is 1.29 bits per heavy atom. The zero-order valence-electron chi connectivity index (χ0n) is 7.97. The van der Waals surface area contributed by atoms with E-state index in [4.69, 9.17) is 5.73 Å². The molecule has 1 fully saturated rings. The van der Waals surface area contributed by atoms with Crippen molar-refractivity contribution in [1.29, 1.82) is 0 Å². The minimum Gasteiger partial charge on any atom is -0.370 e. The summed E-state index contributed by atoms with van der Waals surface area (Å²) in [6, 6.07) is 2.37. The number of anilines is 1. The first-order valence-corrected chi connectivity index (χ1v) is 4.63. The molecule has 0 amide bonds. The van der Waals surface area contributed by atoms with Crippen molar-refractivity contribution in [3.05, 3.63) is 18.5 Å². The number of nitrogens with two attached hydrogens (primary N) is 1. The summed E-state index contributed by atoms with van der Waals surface area (Å²) in [6.07, 6.45) is 5.67. The molecule has 1 aliphatic rings. The summed E-state index contributed by atoms with van der Waals surface area (Å²) in [6.45, 7) is 2.07. The van der Waals surface area contributed by atoms with Crippen LogP contribution in [-0.4, -0.2) is 29.3 Å². The highest BCUT2D eigenvalue weighted by Crippen LogP contribution is 2.16. The number of nitrogens with zero attached hydrogens (tertiary/aromatic N) is 3. The Kier molecular flexibility index (Phi) is 4.10. The van der Waals surface area contributed by atoms with E-state index in [0.29, 0.717) is 6.04 Å². The van der Waals surface area contributed by atoms with Crippen molar-refractivity contribution in [3.63, 3.8) is 0 Å².